The molecule has 1 atom stereocenters. The number of hydrogen-bond donors (Lipinski definition) is 2. The molecule has 0 radical (unpaired) electrons. The van der Waals surface area contributed by atoms with Crippen molar-refractivity contribution in [2.75, 3.05) is 6.61 Å². The number of aliphatic hydroxyl groups excluding tert-OH is 1. The van der Waals surface area contributed by atoms with Crippen LogP contribution in [0.5, 0.6) is 0 Å². The molecule has 3 N–H and O–H groups in total. The zero-order valence-corrected chi connectivity index (χ0v) is 18.1. The van der Waals surface area contributed by atoms with Gasteiger partial charge in [-0.05, 0) is 49.4 Å². The second-order valence-corrected chi connectivity index (χ2v) is 7.77. The predicted octanol–water partition coefficient (Wildman–Crippen LogP) is 3.79. The second kappa shape index (κ2) is 10.3. The summed E-state index contributed by atoms with van der Waals surface area (Å²) in [5.41, 5.74) is 10.3. The Bertz CT molecular complexity index is 1060. The van der Waals surface area contributed by atoms with Gasteiger partial charge >= 0.3 is 5.97 Å². The van der Waals surface area contributed by atoms with Crippen LogP contribution in [0.4, 0.5) is 0 Å². The third-order valence-corrected chi connectivity index (χ3v) is 5.56. The van der Waals surface area contributed by atoms with Crippen molar-refractivity contribution in [1.29, 1.82) is 0 Å². The Balaban J connectivity index is 1.91. The van der Waals surface area contributed by atoms with Gasteiger partial charge in [0.25, 0.3) is 0 Å². The fourth-order valence-corrected chi connectivity index (χ4v) is 3.98. The summed E-state index contributed by atoms with van der Waals surface area (Å²) < 4.78 is 7.11. The molecule has 31 heavy (non-hydrogen) atoms. The van der Waals surface area contributed by atoms with Gasteiger partial charge in [-0.2, -0.15) is 0 Å². The van der Waals surface area contributed by atoms with Crippen molar-refractivity contribution in [1.82, 2.24) is 4.57 Å². The summed E-state index contributed by atoms with van der Waals surface area (Å²) in [6, 6.07) is 15.9. The first-order valence-corrected chi connectivity index (χ1v) is 10.7. The van der Waals surface area contributed by atoms with Crippen LogP contribution < -0.4 is 5.73 Å². The highest BCUT2D eigenvalue weighted by molar-refractivity contribution is 5.90. The van der Waals surface area contributed by atoms with Gasteiger partial charge in [-0.3, -0.25) is 9.59 Å². The number of benzene rings is 2. The average molecular weight is 423 g/mol. The Labute approximate surface area is 182 Å². The van der Waals surface area contributed by atoms with Crippen LogP contribution >= 0.6 is 0 Å². The fourth-order valence-electron chi connectivity index (χ4n) is 3.98. The van der Waals surface area contributed by atoms with Crippen molar-refractivity contribution < 1.29 is 19.4 Å². The van der Waals surface area contributed by atoms with E-state index < -0.39 is 6.10 Å². The fraction of sp³-hybridized carbons (Fsp3) is 0.360. The van der Waals surface area contributed by atoms with E-state index in [-0.39, 0.29) is 18.3 Å². The topological polar surface area (TPSA) is 94.6 Å². The molecule has 3 rings (SSSR count). The lowest BCUT2D eigenvalue weighted by Gasteiger charge is -2.13. The van der Waals surface area contributed by atoms with Crippen LogP contribution in [-0.2, 0) is 27.3 Å². The van der Waals surface area contributed by atoms with Crippen LogP contribution in [0.25, 0.3) is 10.9 Å². The molecule has 1 amide bonds. The SMILES string of the molecule is CCOC(=O)CCCC(O)c1ccc2c(CC(N)=O)c(C)n(Cc3ccccc3)c2c1. The lowest BCUT2D eigenvalue weighted by atomic mass is 10.0. The molecule has 164 valence electrons. The van der Waals surface area contributed by atoms with Crippen molar-refractivity contribution in [3.8, 4) is 0 Å². The summed E-state index contributed by atoms with van der Waals surface area (Å²) in [6.45, 7) is 4.80. The molecule has 3 aromatic rings. The lowest BCUT2D eigenvalue weighted by molar-refractivity contribution is -0.143. The zero-order chi connectivity index (χ0) is 22.4. The molecule has 6 nitrogen and oxygen atoms in total. The van der Waals surface area contributed by atoms with Crippen molar-refractivity contribution in [2.45, 2.75) is 52.2 Å². The summed E-state index contributed by atoms with van der Waals surface area (Å²) in [5, 5.41) is 11.7. The van der Waals surface area contributed by atoms with Crippen molar-refractivity contribution >= 4 is 22.8 Å². The number of aliphatic hydroxyl groups is 1. The van der Waals surface area contributed by atoms with Crippen LogP contribution in [0.3, 0.4) is 0 Å². The Morgan fingerprint density at radius 3 is 2.58 bits per heavy atom. The van der Waals surface area contributed by atoms with Gasteiger partial charge in [0.1, 0.15) is 0 Å². The molecular weight excluding hydrogens is 392 g/mol. The van der Waals surface area contributed by atoms with Crippen LogP contribution in [-0.4, -0.2) is 28.2 Å². The van der Waals surface area contributed by atoms with Crippen molar-refractivity contribution in [3.63, 3.8) is 0 Å². The first-order valence-electron chi connectivity index (χ1n) is 10.7. The van der Waals surface area contributed by atoms with Crippen LogP contribution in [0.1, 0.15) is 54.7 Å². The number of esters is 1. The number of hydrogen-bond acceptors (Lipinski definition) is 4. The van der Waals surface area contributed by atoms with Crippen molar-refractivity contribution in [3.05, 3.63) is 70.9 Å². The van der Waals surface area contributed by atoms with Gasteiger partial charge in [0, 0.05) is 29.6 Å². The molecule has 0 saturated carbocycles. The number of carbonyl (C=O) groups is 2. The van der Waals surface area contributed by atoms with Gasteiger partial charge in [-0.15, -0.1) is 0 Å². The standard InChI is InChI=1S/C25H30N2O4/c1-3-31-25(30)11-7-10-23(28)19-12-13-20-21(15-24(26)29)17(2)27(22(20)14-19)16-18-8-5-4-6-9-18/h4-6,8-9,12-14,23,28H,3,7,10-11,15-16H2,1-2H3,(H2,26,29). The van der Waals surface area contributed by atoms with E-state index in [1.807, 2.05) is 43.3 Å². The number of amides is 1. The first kappa shape index (κ1) is 22.6. The van der Waals surface area contributed by atoms with Gasteiger partial charge < -0.3 is 20.1 Å². The highest BCUT2D eigenvalue weighted by Gasteiger charge is 2.18. The Morgan fingerprint density at radius 2 is 1.90 bits per heavy atom. The number of primary amides is 1. The lowest BCUT2D eigenvalue weighted by Crippen LogP contribution is -2.14. The third kappa shape index (κ3) is 5.52. The zero-order valence-electron chi connectivity index (χ0n) is 18.1. The van der Waals surface area contributed by atoms with Gasteiger partial charge in [0.2, 0.25) is 5.91 Å². The molecule has 1 unspecified atom stereocenters. The van der Waals surface area contributed by atoms with Gasteiger partial charge in [0.15, 0.2) is 0 Å². The number of nitrogens with two attached hydrogens (primary N) is 1. The van der Waals surface area contributed by atoms with Gasteiger partial charge in [-0.25, -0.2) is 0 Å². The molecule has 0 fully saturated rings. The maximum absolute atomic E-state index is 11.7. The number of rotatable bonds is 10. The van der Waals surface area contributed by atoms with E-state index in [1.54, 1.807) is 6.92 Å². The Morgan fingerprint density at radius 1 is 1.16 bits per heavy atom. The highest BCUT2D eigenvalue weighted by Crippen LogP contribution is 2.31. The van der Waals surface area contributed by atoms with Crippen molar-refractivity contribution in [2.24, 2.45) is 5.73 Å². The van der Waals surface area contributed by atoms with Crippen LogP contribution in [0.2, 0.25) is 0 Å². The maximum atomic E-state index is 11.7. The summed E-state index contributed by atoms with van der Waals surface area (Å²) in [6.07, 6.45) is 0.801. The molecule has 0 bridgehead atoms. The third-order valence-electron chi connectivity index (χ3n) is 5.56. The van der Waals surface area contributed by atoms with Gasteiger partial charge in [0.05, 0.1) is 19.1 Å². The normalized spacial score (nSPS) is 12.1. The average Bonchev–Trinajstić information content (AvgIpc) is 2.99. The molecule has 0 aliphatic heterocycles. The molecule has 2 aromatic carbocycles. The van der Waals surface area contributed by atoms with Crippen LogP contribution in [0, 0.1) is 6.92 Å². The summed E-state index contributed by atoms with van der Waals surface area (Å²) in [5.74, 6) is -0.612. The monoisotopic (exact) mass is 422 g/mol. The second-order valence-electron chi connectivity index (χ2n) is 7.77. The van der Waals surface area contributed by atoms with E-state index in [2.05, 4.69) is 16.7 Å². The van der Waals surface area contributed by atoms with E-state index >= 15 is 0 Å². The molecular formula is C25H30N2O4. The minimum Gasteiger partial charge on any atom is -0.466 e. The van der Waals surface area contributed by atoms with E-state index in [0.29, 0.717) is 32.4 Å². The minimum atomic E-state index is -0.682. The molecule has 0 aliphatic carbocycles. The predicted molar refractivity (Wildman–Crippen MR) is 121 cm³/mol. The van der Waals surface area contributed by atoms with E-state index in [1.165, 1.54) is 0 Å². The first-order chi connectivity index (χ1) is 14.9. The number of aromatic nitrogens is 1. The number of carbonyl (C=O) groups excluding carboxylic acids is 2. The molecule has 1 aromatic heterocycles. The van der Waals surface area contributed by atoms with E-state index in [9.17, 15) is 14.7 Å². The van der Waals surface area contributed by atoms with E-state index in [0.717, 1.165) is 33.3 Å². The minimum absolute atomic E-state index is 0.172. The summed E-state index contributed by atoms with van der Waals surface area (Å²) >= 11 is 0. The van der Waals surface area contributed by atoms with E-state index in [4.69, 9.17) is 10.5 Å². The van der Waals surface area contributed by atoms with Crippen LogP contribution in [0.15, 0.2) is 48.5 Å². The quantitative estimate of drug-likeness (QED) is 0.486. The highest BCUT2D eigenvalue weighted by atomic mass is 16.5. The number of nitrogens with zero attached hydrogens (tertiary/aromatic N) is 1. The number of ether oxygens (including phenoxy) is 1. The van der Waals surface area contributed by atoms with Gasteiger partial charge in [-0.1, -0.05) is 42.5 Å². The molecule has 6 heteroatoms. The number of fused-ring (bicyclic) bond motifs is 1. The summed E-state index contributed by atoms with van der Waals surface area (Å²) in [4.78, 5) is 23.2. The smallest absolute Gasteiger partial charge is 0.305 e. The molecule has 0 saturated heterocycles. The molecule has 0 spiro atoms. The molecule has 0 aliphatic rings. The largest absolute Gasteiger partial charge is 0.466 e. The Kier molecular flexibility index (Phi) is 7.47. The Hall–Kier alpha value is -3.12. The maximum Gasteiger partial charge on any atom is 0.305 e. The summed E-state index contributed by atoms with van der Waals surface area (Å²) in [7, 11) is 0. The molecule has 1 heterocycles.